The zero-order valence-electron chi connectivity index (χ0n) is 10.0. The van der Waals surface area contributed by atoms with Gasteiger partial charge in [0.15, 0.2) is 0 Å². The first kappa shape index (κ1) is 12.5. The fourth-order valence-electron chi connectivity index (χ4n) is 1.87. The molecule has 1 heterocycles. The summed E-state index contributed by atoms with van der Waals surface area (Å²) in [6.07, 6.45) is 0.370. The van der Waals surface area contributed by atoms with Gasteiger partial charge in [-0.25, -0.2) is 9.18 Å². The minimum atomic E-state index is -0.550. The Hall–Kier alpha value is -1.91. The Bertz CT molecular complexity index is 487. The number of carbonyl (C=O) groups excluding carboxylic acids is 2. The highest BCUT2D eigenvalue weighted by Crippen LogP contribution is 2.14. The van der Waals surface area contributed by atoms with Gasteiger partial charge >= 0.3 is 5.97 Å². The molecule has 0 saturated carbocycles. The van der Waals surface area contributed by atoms with E-state index in [0.29, 0.717) is 18.5 Å². The van der Waals surface area contributed by atoms with Crippen LogP contribution in [0.15, 0.2) is 18.2 Å². The van der Waals surface area contributed by atoms with Gasteiger partial charge < -0.3 is 10.1 Å². The number of carbonyl (C=O) groups is 2. The summed E-state index contributed by atoms with van der Waals surface area (Å²) in [5.74, 6) is -1.04. The lowest BCUT2D eigenvalue weighted by atomic mass is 10.1. The number of aryl methyl sites for hydroxylation is 1. The van der Waals surface area contributed by atoms with E-state index in [4.69, 9.17) is 4.74 Å². The molecular formula is C13H14FNO3. The molecule has 18 heavy (non-hydrogen) atoms. The van der Waals surface area contributed by atoms with Crippen molar-refractivity contribution in [3.63, 3.8) is 0 Å². The maximum atomic E-state index is 13.0. The van der Waals surface area contributed by atoms with E-state index >= 15 is 0 Å². The zero-order valence-corrected chi connectivity index (χ0v) is 10.0. The molecule has 1 saturated heterocycles. The minimum absolute atomic E-state index is 0.00955. The maximum absolute atomic E-state index is 13.0. The molecule has 96 valence electrons. The molecule has 0 radical (unpaired) electrons. The maximum Gasteiger partial charge on any atom is 0.338 e. The van der Waals surface area contributed by atoms with Crippen molar-refractivity contribution in [2.45, 2.75) is 13.3 Å². The number of esters is 1. The number of nitrogens with one attached hydrogen (secondary N) is 1. The number of ether oxygens (including phenoxy) is 1. The standard InChI is InChI=1S/C13H14FNO3/c1-8-2-3-10(14)5-11(8)13(17)18-7-9-4-12(16)15-6-9/h2-3,5,9H,4,6-7H2,1H3,(H,15,16). The van der Waals surface area contributed by atoms with Gasteiger partial charge in [-0.2, -0.15) is 0 Å². The third-order valence-corrected chi connectivity index (χ3v) is 2.93. The van der Waals surface area contributed by atoms with E-state index in [0.717, 1.165) is 6.07 Å². The zero-order chi connectivity index (χ0) is 13.1. The molecule has 1 aromatic carbocycles. The highest BCUT2D eigenvalue weighted by atomic mass is 19.1. The summed E-state index contributed by atoms with van der Waals surface area (Å²) in [6, 6.07) is 3.99. The van der Waals surface area contributed by atoms with E-state index in [2.05, 4.69) is 5.32 Å². The topological polar surface area (TPSA) is 55.4 Å². The molecule has 2 rings (SSSR count). The summed E-state index contributed by atoms with van der Waals surface area (Å²) in [5, 5.41) is 2.66. The molecule has 1 N–H and O–H groups in total. The molecule has 1 aliphatic heterocycles. The largest absolute Gasteiger partial charge is 0.462 e. The molecule has 1 fully saturated rings. The summed E-state index contributed by atoms with van der Waals surface area (Å²) in [6.45, 7) is 2.42. The monoisotopic (exact) mass is 251 g/mol. The van der Waals surface area contributed by atoms with Crippen LogP contribution in [-0.2, 0) is 9.53 Å². The fourth-order valence-corrected chi connectivity index (χ4v) is 1.87. The van der Waals surface area contributed by atoms with Crippen molar-refractivity contribution >= 4 is 11.9 Å². The molecule has 1 aliphatic rings. The summed E-state index contributed by atoms with van der Waals surface area (Å²) in [4.78, 5) is 22.7. The van der Waals surface area contributed by atoms with Crippen molar-refractivity contribution in [1.82, 2.24) is 5.32 Å². The average molecular weight is 251 g/mol. The Morgan fingerprint density at radius 1 is 1.56 bits per heavy atom. The van der Waals surface area contributed by atoms with Crippen LogP contribution in [0.3, 0.4) is 0 Å². The number of rotatable bonds is 3. The number of benzene rings is 1. The number of hydrogen-bond acceptors (Lipinski definition) is 3. The number of amides is 1. The SMILES string of the molecule is Cc1ccc(F)cc1C(=O)OCC1CNC(=O)C1. The van der Waals surface area contributed by atoms with E-state index in [1.807, 2.05) is 0 Å². The van der Waals surface area contributed by atoms with Gasteiger partial charge in [-0.05, 0) is 24.6 Å². The second-order valence-corrected chi connectivity index (χ2v) is 4.43. The second-order valence-electron chi connectivity index (χ2n) is 4.43. The van der Waals surface area contributed by atoms with Crippen LogP contribution in [0, 0.1) is 18.7 Å². The summed E-state index contributed by atoms with van der Waals surface area (Å²) >= 11 is 0. The van der Waals surface area contributed by atoms with Crippen LogP contribution in [0.25, 0.3) is 0 Å². The average Bonchev–Trinajstić information content (AvgIpc) is 2.75. The van der Waals surface area contributed by atoms with Crippen LogP contribution < -0.4 is 5.32 Å². The third kappa shape index (κ3) is 2.85. The molecule has 1 atom stereocenters. The lowest BCUT2D eigenvalue weighted by molar-refractivity contribution is -0.119. The van der Waals surface area contributed by atoms with Gasteiger partial charge in [0.25, 0.3) is 0 Å². The van der Waals surface area contributed by atoms with Crippen LogP contribution in [0.2, 0.25) is 0 Å². The molecule has 0 aromatic heterocycles. The van der Waals surface area contributed by atoms with E-state index in [1.165, 1.54) is 12.1 Å². The molecule has 1 unspecified atom stereocenters. The summed E-state index contributed by atoms with van der Waals surface area (Å²) in [7, 11) is 0. The molecule has 1 aromatic rings. The van der Waals surface area contributed by atoms with Gasteiger partial charge in [-0.15, -0.1) is 0 Å². The molecule has 5 heteroatoms. The van der Waals surface area contributed by atoms with Crippen molar-refractivity contribution in [2.75, 3.05) is 13.2 Å². The van der Waals surface area contributed by atoms with Gasteiger partial charge in [-0.3, -0.25) is 4.79 Å². The summed E-state index contributed by atoms with van der Waals surface area (Å²) in [5.41, 5.74) is 0.898. The predicted molar refractivity (Wildman–Crippen MR) is 62.5 cm³/mol. The predicted octanol–water partition coefficient (Wildman–Crippen LogP) is 1.43. The van der Waals surface area contributed by atoms with Crippen LogP contribution in [0.4, 0.5) is 4.39 Å². The van der Waals surface area contributed by atoms with Gasteiger partial charge in [-0.1, -0.05) is 6.07 Å². The fraction of sp³-hybridized carbons (Fsp3) is 0.385. The lowest BCUT2D eigenvalue weighted by Crippen LogP contribution is -2.18. The van der Waals surface area contributed by atoms with Crippen LogP contribution in [-0.4, -0.2) is 25.0 Å². The molecule has 4 nitrogen and oxygen atoms in total. The van der Waals surface area contributed by atoms with E-state index in [9.17, 15) is 14.0 Å². The van der Waals surface area contributed by atoms with Crippen molar-refractivity contribution in [1.29, 1.82) is 0 Å². The normalized spacial score (nSPS) is 18.6. The van der Waals surface area contributed by atoms with E-state index in [-0.39, 0.29) is 24.0 Å². The first-order valence-electron chi connectivity index (χ1n) is 5.76. The second kappa shape index (κ2) is 5.16. The molecule has 0 bridgehead atoms. The van der Waals surface area contributed by atoms with E-state index in [1.54, 1.807) is 6.92 Å². The Morgan fingerprint density at radius 3 is 3.00 bits per heavy atom. The van der Waals surface area contributed by atoms with Crippen molar-refractivity contribution in [3.05, 3.63) is 35.1 Å². The van der Waals surface area contributed by atoms with Crippen molar-refractivity contribution in [2.24, 2.45) is 5.92 Å². The molecule has 1 amide bonds. The van der Waals surface area contributed by atoms with Gasteiger partial charge in [0.05, 0.1) is 12.2 Å². The van der Waals surface area contributed by atoms with Gasteiger partial charge in [0.1, 0.15) is 5.82 Å². The number of hydrogen-bond donors (Lipinski definition) is 1. The van der Waals surface area contributed by atoms with Crippen molar-refractivity contribution in [3.8, 4) is 0 Å². The molecular weight excluding hydrogens is 237 g/mol. The lowest BCUT2D eigenvalue weighted by Gasteiger charge is -2.10. The Morgan fingerprint density at radius 2 is 2.33 bits per heavy atom. The number of halogens is 1. The van der Waals surface area contributed by atoms with Crippen LogP contribution >= 0.6 is 0 Å². The minimum Gasteiger partial charge on any atom is -0.462 e. The van der Waals surface area contributed by atoms with E-state index < -0.39 is 11.8 Å². The molecule has 0 aliphatic carbocycles. The third-order valence-electron chi connectivity index (χ3n) is 2.93. The first-order valence-corrected chi connectivity index (χ1v) is 5.76. The van der Waals surface area contributed by atoms with Gasteiger partial charge in [0, 0.05) is 18.9 Å². The van der Waals surface area contributed by atoms with Crippen LogP contribution in [0.5, 0.6) is 0 Å². The van der Waals surface area contributed by atoms with Crippen LogP contribution in [0.1, 0.15) is 22.3 Å². The van der Waals surface area contributed by atoms with Crippen molar-refractivity contribution < 1.29 is 18.7 Å². The first-order chi connectivity index (χ1) is 8.56. The summed E-state index contributed by atoms with van der Waals surface area (Å²) < 4.78 is 18.1. The molecule has 0 spiro atoms. The highest BCUT2D eigenvalue weighted by molar-refractivity contribution is 5.91. The Balaban J connectivity index is 1.95. The highest BCUT2D eigenvalue weighted by Gasteiger charge is 2.23. The Kier molecular flexibility index (Phi) is 3.60. The smallest absolute Gasteiger partial charge is 0.338 e. The Labute approximate surface area is 104 Å². The van der Waals surface area contributed by atoms with Gasteiger partial charge in [0.2, 0.25) is 5.91 Å². The quantitative estimate of drug-likeness (QED) is 0.827.